The van der Waals surface area contributed by atoms with E-state index in [0.29, 0.717) is 11.5 Å². The van der Waals surface area contributed by atoms with Gasteiger partial charge in [-0.2, -0.15) is 4.98 Å². The molecule has 1 unspecified atom stereocenters. The highest BCUT2D eigenvalue weighted by Crippen LogP contribution is 2.32. The fourth-order valence-corrected chi connectivity index (χ4v) is 4.67. The van der Waals surface area contributed by atoms with Gasteiger partial charge in [0.2, 0.25) is 5.95 Å². The summed E-state index contributed by atoms with van der Waals surface area (Å²) < 4.78 is 23.9. The fraction of sp³-hybridized carbons (Fsp3) is 0.367. The highest BCUT2D eigenvalue weighted by molar-refractivity contribution is 5.90. The first-order valence-corrected chi connectivity index (χ1v) is 14.1. The molecule has 3 atom stereocenters. The Hall–Kier alpha value is -4.75. The number of anilines is 1. The van der Waals surface area contributed by atoms with Gasteiger partial charge in [-0.3, -0.25) is 24.5 Å². The number of esters is 1. The molecule has 1 aliphatic heterocycles. The molecule has 43 heavy (non-hydrogen) atoms. The predicted octanol–water partition coefficient (Wildman–Crippen LogP) is 2.75. The topological polar surface area (TPSA) is 167 Å². The zero-order chi connectivity index (χ0) is 30.2. The van der Waals surface area contributed by atoms with Crippen molar-refractivity contribution in [3.63, 3.8) is 0 Å². The predicted molar refractivity (Wildman–Crippen MR) is 155 cm³/mol. The number of unbranched alkanes of at least 4 members (excludes halogenated alkanes) is 1. The summed E-state index contributed by atoms with van der Waals surface area (Å²) in [6, 6.07) is 16.4. The second-order valence-corrected chi connectivity index (χ2v) is 10.0. The van der Waals surface area contributed by atoms with Gasteiger partial charge in [0.15, 0.2) is 24.4 Å². The van der Waals surface area contributed by atoms with Crippen molar-refractivity contribution in [3.8, 4) is 11.5 Å². The summed E-state index contributed by atoms with van der Waals surface area (Å²) in [7, 11) is 0. The van der Waals surface area contributed by atoms with E-state index in [2.05, 4.69) is 27.2 Å². The van der Waals surface area contributed by atoms with Gasteiger partial charge in [0.1, 0.15) is 29.9 Å². The molecule has 5 rings (SSSR count). The zero-order valence-electron chi connectivity index (χ0n) is 23.6. The molecule has 13 nitrogen and oxygen atoms in total. The maximum atomic E-state index is 12.7. The van der Waals surface area contributed by atoms with E-state index >= 15 is 0 Å². The molecule has 13 heteroatoms. The van der Waals surface area contributed by atoms with Crippen molar-refractivity contribution in [2.45, 2.75) is 51.0 Å². The Morgan fingerprint density at radius 1 is 1.09 bits per heavy atom. The van der Waals surface area contributed by atoms with E-state index in [1.54, 1.807) is 24.3 Å². The molecule has 226 valence electrons. The summed E-state index contributed by atoms with van der Waals surface area (Å²) in [5.74, 6) is -0.178. The Morgan fingerprint density at radius 3 is 2.58 bits per heavy atom. The standard InChI is InChI=1S/C30H33N5O8/c1-2-3-7-19-10-12-21(13-11-19)40-16-24(37)32-30-33-28-27(29(39)34-30)31-18-35(28)25-14-22(23(15-36)42-25)43-26(38)17-41-20-8-5-4-6-9-20/h4-6,8-13,18,22-23,25,36H,2-3,7,14-17H2,1H3,(H2,32,33,34,37,39)/t22-,23?,25-/m1/s1. The van der Waals surface area contributed by atoms with Gasteiger partial charge in [0.05, 0.1) is 12.9 Å². The number of ether oxygens (including phenoxy) is 4. The van der Waals surface area contributed by atoms with E-state index in [4.69, 9.17) is 18.9 Å². The Balaban J connectivity index is 1.21. The van der Waals surface area contributed by atoms with Gasteiger partial charge in [-0.05, 0) is 42.7 Å². The molecular weight excluding hydrogens is 558 g/mol. The molecule has 0 spiro atoms. The number of nitrogens with zero attached hydrogens (tertiary/aromatic N) is 3. The average molecular weight is 592 g/mol. The third-order valence-corrected chi connectivity index (χ3v) is 6.86. The monoisotopic (exact) mass is 591 g/mol. The van der Waals surface area contributed by atoms with Crippen LogP contribution in [0.5, 0.6) is 11.5 Å². The molecule has 4 aromatic rings. The zero-order valence-corrected chi connectivity index (χ0v) is 23.6. The van der Waals surface area contributed by atoms with E-state index in [-0.39, 0.29) is 36.7 Å². The van der Waals surface area contributed by atoms with Crippen molar-refractivity contribution in [1.29, 1.82) is 0 Å². The minimum atomic E-state index is -0.817. The summed E-state index contributed by atoms with van der Waals surface area (Å²) in [4.78, 5) is 48.7. The van der Waals surface area contributed by atoms with Crippen LogP contribution in [-0.2, 0) is 25.5 Å². The Bertz CT molecular complexity index is 1590. The molecule has 0 radical (unpaired) electrons. The molecule has 1 amide bonds. The maximum Gasteiger partial charge on any atom is 0.344 e. The van der Waals surface area contributed by atoms with Crippen LogP contribution in [0.1, 0.15) is 38.0 Å². The number of rotatable bonds is 13. The first-order valence-electron chi connectivity index (χ1n) is 14.1. The number of fused-ring (bicyclic) bond motifs is 1. The molecule has 1 aliphatic rings. The van der Waals surface area contributed by atoms with Gasteiger partial charge in [0.25, 0.3) is 11.5 Å². The van der Waals surface area contributed by atoms with Crippen LogP contribution in [0.25, 0.3) is 11.2 Å². The third kappa shape index (κ3) is 7.56. The van der Waals surface area contributed by atoms with Crippen molar-refractivity contribution in [1.82, 2.24) is 19.5 Å². The number of hydrogen-bond acceptors (Lipinski definition) is 10. The van der Waals surface area contributed by atoms with Gasteiger partial charge in [-0.25, -0.2) is 9.78 Å². The fourth-order valence-electron chi connectivity index (χ4n) is 4.67. The van der Waals surface area contributed by atoms with Crippen molar-refractivity contribution in [2.75, 3.05) is 25.1 Å². The lowest BCUT2D eigenvalue weighted by Gasteiger charge is -2.16. The largest absolute Gasteiger partial charge is 0.484 e. The maximum absolute atomic E-state index is 12.7. The lowest BCUT2D eigenvalue weighted by atomic mass is 10.1. The van der Waals surface area contributed by atoms with E-state index in [9.17, 15) is 19.5 Å². The van der Waals surface area contributed by atoms with Crippen molar-refractivity contribution in [2.24, 2.45) is 0 Å². The molecule has 0 saturated carbocycles. The summed E-state index contributed by atoms with van der Waals surface area (Å²) in [5, 5.41) is 12.4. The molecule has 3 N–H and O–H groups in total. The number of amides is 1. The molecule has 0 bridgehead atoms. The average Bonchev–Trinajstić information content (AvgIpc) is 3.63. The number of aromatic nitrogens is 4. The second kappa shape index (κ2) is 13.9. The first kappa shape index (κ1) is 29.7. The number of benzene rings is 2. The van der Waals surface area contributed by atoms with Gasteiger partial charge in [0, 0.05) is 6.42 Å². The molecule has 0 aliphatic carbocycles. The van der Waals surface area contributed by atoms with Gasteiger partial charge < -0.3 is 24.1 Å². The number of nitrogens with one attached hydrogen (secondary N) is 2. The van der Waals surface area contributed by atoms with E-state index in [1.807, 2.05) is 30.3 Å². The summed E-state index contributed by atoms with van der Waals surface area (Å²) in [6.45, 7) is 1.13. The Morgan fingerprint density at radius 2 is 1.84 bits per heavy atom. The molecule has 2 aromatic carbocycles. The lowest BCUT2D eigenvalue weighted by Crippen LogP contribution is -2.31. The van der Waals surface area contributed by atoms with Crippen LogP contribution in [-0.4, -0.2) is 68.5 Å². The third-order valence-electron chi connectivity index (χ3n) is 6.86. The summed E-state index contributed by atoms with van der Waals surface area (Å²) in [6.07, 6.45) is 2.38. The van der Waals surface area contributed by atoms with Crippen molar-refractivity contribution in [3.05, 3.63) is 76.8 Å². The van der Waals surface area contributed by atoms with Gasteiger partial charge in [-0.1, -0.05) is 43.7 Å². The minimum Gasteiger partial charge on any atom is -0.484 e. The van der Waals surface area contributed by atoms with Crippen LogP contribution >= 0.6 is 0 Å². The highest BCUT2D eigenvalue weighted by Gasteiger charge is 2.39. The number of para-hydroxylation sites is 1. The van der Waals surface area contributed by atoms with Crippen molar-refractivity contribution < 1.29 is 33.6 Å². The van der Waals surface area contributed by atoms with E-state index < -0.39 is 42.5 Å². The van der Waals surface area contributed by atoms with E-state index in [1.165, 1.54) is 16.5 Å². The molecule has 1 saturated heterocycles. The Kier molecular flexibility index (Phi) is 9.64. The van der Waals surface area contributed by atoms with Crippen LogP contribution in [0.4, 0.5) is 5.95 Å². The quantitative estimate of drug-likeness (QED) is 0.197. The smallest absolute Gasteiger partial charge is 0.344 e. The number of aromatic amines is 1. The highest BCUT2D eigenvalue weighted by atomic mass is 16.6. The summed E-state index contributed by atoms with van der Waals surface area (Å²) >= 11 is 0. The molecule has 2 aromatic heterocycles. The molecule has 1 fully saturated rings. The van der Waals surface area contributed by atoms with E-state index in [0.717, 1.165) is 19.3 Å². The first-order chi connectivity index (χ1) is 20.9. The lowest BCUT2D eigenvalue weighted by molar-refractivity contribution is -0.155. The Labute approximate surface area is 246 Å². The van der Waals surface area contributed by atoms with Crippen LogP contribution in [0.15, 0.2) is 65.7 Å². The number of carbonyl (C=O) groups is 2. The number of hydrogen-bond donors (Lipinski definition) is 3. The second-order valence-electron chi connectivity index (χ2n) is 10.0. The normalized spacial score (nSPS) is 18.0. The van der Waals surface area contributed by atoms with Gasteiger partial charge >= 0.3 is 5.97 Å². The van der Waals surface area contributed by atoms with Crippen LogP contribution in [0.3, 0.4) is 0 Å². The SMILES string of the molecule is CCCCc1ccc(OCC(=O)Nc2nc3c(ncn3[C@H]3C[C@@H](OC(=O)COc4ccccc4)C(CO)O3)c(=O)[nH]2)cc1. The van der Waals surface area contributed by atoms with Crippen LogP contribution in [0, 0.1) is 0 Å². The number of aliphatic hydroxyl groups is 1. The number of aliphatic hydroxyl groups excluding tert-OH is 1. The number of imidazole rings is 1. The number of carbonyl (C=O) groups excluding carboxylic acids is 2. The minimum absolute atomic E-state index is 0.0262. The number of H-pyrrole nitrogens is 1. The van der Waals surface area contributed by atoms with Gasteiger partial charge in [-0.15, -0.1) is 0 Å². The molecule has 3 heterocycles. The van der Waals surface area contributed by atoms with Crippen LogP contribution < -0.4 is 20.3 Å². The van der Waals surface area contributed by atoms with Crippen LogP contribution in [0.2, 0.25) is 0 Å². The number of aryl methyl sites for hydroxylation is 1. The van der Waals surface area contributed by atoms with Crippen molar-refractivity contribution >= 4 is 29.0 Å². The summed E-state index contributed by atoms with van der Waals surface area (Å²) in [5.41, 5.74) is 0.797. The molecular formula is C30H33N5O8.